The quantitative estimate of drug-likeness (QED) is 0.0951. The monoisotopic (exact) mass is 862 g/mol. The van der Waals surface area contributed by atoms with Gasteiger partial charge in [0.25, 0.3) is 0 Å². The Morgan fingerprint density at radius 2 is 0.952 bits per heavy atom. The number of benzene rings is 5. The molecular weight excluding hydrogens is 809 g/mol. The minimum Gasteiger partial charge on any atom is -0.497 e. The molecule has 0 aromatic heterocycles. The lowest BCUT2D eigenvalue weighted by atomic mass is 9.95. The SMILES string of the molecule is CCS[C@H]1O[C@@H]2COC(c3ccccc3)O[C@H]2[C@H](OCc2ccccc2)[C@@H]1O[C@@H]1O[C@@H]2COC(c3ccccc3)O[C@H]2[C@H](OCc2ccccc2)[C@@H]1OCc1ccc(OC)cc1. The Balaban J connectivity index is 1.06. The third kappa shape index (κ3) is 10.3. The molecule has 12 atom stereocenters. The van der Waals surface area contributed by atoms with Gasteiger partial charge < -0.3 is 52.1 Å². The molecular formula is C50H54O11S. The van der Waals surface area contributed by atoms with Gasteiger partial charge in [-0.2, -0.15) is 0 Å². The lowest BCUT2D eigenvalue weighted by molar-refractivity contribution is -0.393. The molecule has 4 heterocycles. The van der Waals surface area contributed by atoms with E-state index in [2.05, 4.69) is 19.1 Å². The van der Waals surface area contributed by atoms with Gasteiger partial charge in [-0.05, 0) is 34.6 Å². The van der Waals surface area contributed by atoms with Crippen LogP contribution in [0.5, 0.6) is 5.75 Å². The molecule has 0 amide bonds. The van der Waals surface area contributed by atoms with Gasteiger partial charge in [-0.15, -0.1) is 11.8 Å². The number of methoxy groups -OCH3 is 1. The van der Waals surface area contributed by atoms with Crippen LogP contribution < -0.4 is 4.74 Å². The molecule has 0 spiro atoms. The van der Waals surface area contributed by atoms with Gasteiger partial charge in [0.15, 0.2) is 18.9 Å². The van der Waals surface area contributed by atoms with E-state index in [1.54, 1.807) is 18.9 Å². The molecule has 5 aromatic rings. The molecule has 5 aromatic carbocycles. The summed E-state index contributed by atoms with van der Waals surface area (Å²) in [7, 11) is 1.65. The van der Waals surface area contributed by atoms with E-state index in [-0.39, 0.29) is 13.2 Å². The molecule has 62 heavy (non-hydrogen) atoms. The number of fused-ring (bicyclic) bond motifs is 2. The average Bonchev–Trinajstić information content (AvgIpc) is 3.33. The van der Waals surface area contributed by atoms with Gasteiger partial charge in [-0.25, -0.2) is 0 Å². The largest absolute Gasteiger partial charge is 0.497 e. The van der Waals surface area contributed by atoms with Crippen molar-refractivity contribution in [3.8, 4) is 5.75 Å². The number of rotatable bonds is 16. The van der Waals surface area contributed by atoms with E-state index >= 15 is 0 Å². The van der Waals surface area contributed by atoms with Crippen LogP contribution in [0.4, 0.5) is 0 Å². The van der Waals surface area contributed by atoms with Crippen molar-refractivity contribution in [2.75, 3.05) is 26.1 Å². The highest BCUT2D eigenvalue weighted by Crippen LogP contribution is 2.43. The van der Waals surface area contributed by atoms with Gasteiger partial charge in [-0.3, -0.25) is 0 Å². The summed E-state index contributed by atoms with van der Waals surface area (Å²) >= 11 is 1.64. The molecule has 0 N–H and O–H groups in total. The first kappa shape index (κ1) is 43.1. The summed E-state index contributed by atoms with van der Waals surface area (Å²) in [6.45, 7) is 3.56. The smallest absolute Gasteiger partial charge is 0.187 e. The Kier molecular flexibility index (Phi) is 14.6. The van der Waals surface area contributed by atoms with E-state index in [4.69, 9.17) is 52.1 Å². The van der Waals surface area contributed by atoms with Crippen molar-refractivity contribution in [2.24, 2.45) is 0 Å². The van der Waals surface area contributed by atoms with Crippen LogP contribution in [0.15, 0.2) is 146 Å². The first-order valence-corrected chi connectivity index (χ1v) is 22.5. The van der Waals surface area contributed by atoms with Gasteiger partial charge in [0.2, 0.25) is 0 Å². The second kappa shape index (κ2) is 21.0. The Labute approximate surface area is 367 Å². The summed E-state index contributed by atoms with van der Waals surface area (Å²) < 4.78 is 73.7. The highest BCUT2D eigenvalue weighted by atomic mass is 32.2. The molecule has 2 unspecified atom stereocenters. The van der Waals surface area contributed by atoms with Crippen LogP contribution in [0.2, 0.25) is 0 Å². The number of thioether (sulfide) groups is 1. The topological polar surface area (TPSA) is 102 Å². The first-order valence-electron chi connectivity index (χ1n) is 21.4. The van der Waals surface area contributed by atoms with Crippen LogP contribution >= 0.6 is 11.8 Å². The van der Waals surface area contributed by atoms with E-state index in [9.17, 15) is 0 Å². The predicted octanol–water partition coefficient (Wildman–Crippen LogP) is 8.57. The highest BCUT2D eigenvalue weighted by Gasteiger charge is 2.56. The third-order valence-corrected chi connectivity index (χ3v) is 12.5. The van der Waals surface area contributed by atoms with Crippen molar-refractivity contribution in [3.63, 3.8) is 0 Å². The molecule has 326 valence electrons. The van der Waals surface area contributed by atoms with Gasteiger partial charge >= 0.3 is 0 Å². The summed E-state index contributed by atoms with van der Waals surface area (Å²) in [5, 5.41) is 0. The van der Waals surface area contributed by atoms with Crippen LogP contribution in [0.1, 0.15) is 47.3 Å². The molecule has 4 aliphatic rings. The van der Waals surface area contributed by atoms with E-state index < -0.39 is 73.1 Å². The maximum absolute atomic E-state index is 7.32. The van der Waals surface area contributed by atoms with Crippen LogP contribution in [-0.2, 0) is 67.2 Å². The van der Waals surface area contributed by atoms with Crippen molar-refractivity contribution >= 4 is 11.8 Å². The van der Waals surface area contributed by atoms with Crippen molar-refractivity contribution in [1.82, 2.24) is 0 Å². The Morgan fingerprint density at radius 3 is 1.45 bits per heavy atom. The van der Waals surface area contributed by atoms with Gasteiger partial charge in [-0.1, -0.05) is 140 Å². The fourth-order valence-corrected chi connectivity index (χ4v) is 9.32. The summed E-state index contributed by atoms with van der Waals surface area (Å²) in [5.41, 5.74) is 4.33. The zero-order valence-electron chi connectivity index (χ0n) is 34.9. The number of hydrogen-bond donors (Lipinski definition) is 0. The van der Waals surface area contributed by atoms with Crippen molar-refractivity contribution < 1.29 is 52.1 Å². The number of hydrogen-bond acceptors (Lipinski definition) is 12. The van der Waals surface area contributed by atoms with E-state index in [1.807, 2.05) is 133 Å². The first-order chi connectivity index (χ1) is 30.6. The van der Waals surface area contributed by atoms with Gasteiger partial charge in [0.1, 0.15) is 60.0 Å². The predicted molar refractivity (Wildman–Crippen MR) is 232 cm³/mol. The zero-order chi connectivity index (χ0) is 42.1. The average molecular weight is 863 g/mol. The molecule has 4 aliphatic heterocycles. The number of ether oxygens (including phenoxy) is 11. The molecule has 0 radical (unpaired) electrons. The van der Waals surface area contributed by atoms with Crippen LogP contribution in [-0.4, -0.2) is 86.6 Å². The molecule has 11 nitrogen and oxygen atoms in total. The summed E-state index contributed by atoms with van der Waals surface area (Å²) in [6.07, 6.45) is -6.96. The highest BCUT2D eigenvalue weighted by molar-refractivity contribution is 7.99. The van der Waals surface area contributed by atoms with Crippen LogP contribution in [0.25, 0.3) is 0 Å². The second-order valence-electron chi connectivity index (χ2n) is 15.6. The van der Waals surface area contributed by atoms with Gasteiger partial charge in [0, 0.05) is 11.1 Å². The van der Waals surface area contributed by atoms with Crippen molar-refractivity contribution in [2.45, 2.75) is 99.9 Å². The zero-order valence-corrected chi connectivity index (χ0v) is 35.7. The molecule has 0 saturated carbocycles. The van der Waals surface area contributed by atoms with E-state index in [1.165, 1.54) is 0 Å². The maximum Gasteiger partial charge on any atom is 0.187 e. The summed E-state index contributed by atoms with van der Waals surface area (Å²) in [6, 6.07) is 47.9. The standard InChI is InChI=1S/C50H54O11S/c1-3-62-50-46(44(53-29-34-18-10-5-11-19-34)42-40(58-50)32-56-48(60-42)37-22-14-7-15-23-37)61-49-45(54-30-35-24-26-38(51-2)27-25-35)43(52-28-33-16-8-4-9-17-33)41-39(57-49)31-55-47(59-41)36-20-12-6-13-21-36/h4-27,39-50H,3,28-32H2,1-2H3/t39-,40-,41-,42-,43+,44+,45+,46+,47?,48?,49+,50-/m1/s1. The molecule has 0 bridgehead atoms. The Hall–Kier alpha value is -4.15. The minimum absolute atomic E-state index is 0.241. The lowest BCUT2D eigenvalue weighted by Gasteiger charge is -2.52. The normalized spacial score (nSPS) is 30.8. The Bertz CT molecular complexity index is 2080. The second-order valence-corrected chi connectivity index (χ2v) is 17.0. The maximum atomic E-state index is 7.32. The Morgan fingerprint density at radius 1 is 0.500 bits per heavy atom. The van der Waals surface area contributed by atoms with E-state index in [0.29, 0.717) is 19.8 Å². The fraction of sp³-hybridized carbons (Fsp3) is 0.400. The molecule has 4 saturated heterocycles. The van der Waals surface area contributed by atoms with Crippen LogP contribution in [0, 0.1) is 0 Å². The lowest BCUT2D eigenvalue weighted by Crippen LogP contribution is -2.67. The molecule has 0 aliphatic carbocycles. The molecule has 12 heteroatoms. The van der Waals surface area contributed by atoms with Crippen LogP contribution in [0.3, 0.4) is 0 Å². The summed E-state index contributed by atoms with van der Waals surface area (Å²) in [4.78, 5) is 0. The van der Waals surface area contributed by atoms with Crippen molar-refractivity contribution in [1.29, 1.82) is 0 Å². The summed E-state index contributed by atoms with van der Waals surface area (Å²) in [5.74, 6) is 1.52. The van der Waals surface area contributed by atoms with E-state index in [0.717, 1.165) is 39.3 Å². The molecule has 4 fully saturated rings. The third-order valence-electron chi connectivity index (χ3n) is 11.5. The molecule has 9 rings (SSSR count). The fourth-order valence-electron chi connectivity index (χ4n) is 8.36. The van der Waals surface area contributed by atoms with Gasteiger partial charge in [0.05, 0.1) is 40.1 Å². The van der Waals surface area contributed by atoms with Crippen molar-refractivity contribution in [3.05, 3.63) is 173 Å². The minimum atomic E-state index is -0.964.